The molecule has 1 amide bonds. The van der Waals surface area contributed by atoms with Crippen molar-refractivity contribution in [1.82, 2.24) is 4.90 Å². The van der Waals surface area contributed by atoms with Gasteiger partial charge in [0.05, 0.1) is 5.56 Å². The lowest BCUT2D eigenvalue weighted by atomic mass is 10.1. The number of hydrogen-bond acceptors (Lipinski definition) is 3. The zero-order valence-corrected chi connectivity index (χ0v) is 15.0. The molecule has 2 aromatic rings. The predicted octanol–water partition coefficient (Wildman–Crippen LogP) is 3.96. The number of hydrogen-bond donors (Lipinski definition) is 0. The first kappa shape index (κ1) is 19.5. The molecule has 1 saturated heterocycles. The maximum absolute atomic E-state index is 12.8. The van der Waals surface area contributed by atoms with Gasteiger partial charge in [-0.15, -0.1) is 0 Å². The van der Waals surface area contributed by atoms with E-state index in [1.165, 1.54) is 18.2 Å². The Morgan fingerprint density at radius 2 is 1.68 bits per heavy atom. The van der Waals surface area contributed by atoms with Crippen LogP contribution in [0.2, 0.25) is 0 Å². The summed E-state index contributed by atoms with van der Waals surface area (Å²) in [5, 5.41) is 9.35. The van der Waals surface area contributed by atoms with Crippen LogP contribution < -0.4 is 4.90 Å². The Kier molecular flexibility index (Phi) is 5.69. The molecule has 2 aromatic carbocycles. The van der Waals surface area contributed by atoms with Gasteiger partial charge in [-0.05, 0) is 35.9 Å². The molecular formula is C21H18F3N3O. The van der Waals surface area contributed by atoms with Crippen molar-refractivity contribution in [3.05, 3.63) is 71.3 Å². The predicted molar refractivity (Wildman–Crippen MR) is 100 cm³/mol. The van der Waals surface area contributed by atoms with Gasteiger partial charge in [-0.1, -0.05) is 30.3 Å². The van der Waals surface area contributed by atoms with E-state index in [9.17, 15) is 23.2 Å². The van der Waals surface area contributed by atoms with Gasteiger partial charge < -0.3 is 9.80 Å². The lowest BCUT2D eigenvalue weighted by molar-refractivity contribution is -0.137. The Hall–Kier alpha value is -3.27. The van der Waals surface area contributed by atoms with Gasteiger partial charge in [0.15, 0.2) is 0 Å². The molecule has 0 saturated carbocycles. The zero-order chi connectivity index (χ0) is 20.1. The number of anilines is 1. The molecule has 0 N–H and O–H groups in total. The number of amides is 1. The molecular weight excluding hydrogens is 367 g/mol. The highest BCUT2D eigenvalue weighted by molar-refractivity contribution is 6.01. The molecule has 0 aliphatic carbocycles. The van der Waals surface area contributed by atoms with E-state index in [1.54, 1.807) is 4.90 Å². The molecule has 4 nitrogen and oxygen atoms in total. The second-order valence-electron chi connectivity index (χ2n) is 6.41. The Balaban J connectivity index is 1.71. The van der Waals surface area contributed by atoms with Crippen molar-refractivity contribution in [1.29, 1.82) is 5.26 Å². The second kappa shape index (κ2) is 8.17. The molecule has 0 spiro atoms. The number of piperazine rings is 1. The molecule has 0 bridgehead atoms. The van der Waals surface area contributed by atoms with Gasteiger partial charge in [0.1, 0.15) is 11.6 Å². The van der Waals surface area contributed by atoms with Gasteiger partial charge in [-0.3, -0.25) is 4.79 Å². The molecule has 1 heterocycles. The van der Waals surface area contributed by atoms with Crippen LogP contribution in [0, 0.1) is 11.3 Å². The molecule has 28 heavy (non-hydrogen) atoms. The first-order valence-corrected chi connectivity index (χ1v) is 8.77. The topological polar surface area (TPSA) is 47.3 Å². The maximum atomic E-state index is 12.8. The van der Waals surface area contributed by atoms with Gasteiger partial charge in [0, 0.05) is 31.9 Å². The molecule has 0 aromatic heterocycles. The first-order chi connectivity index (χ1) is 13.4. The Bertz CT molecular complexity index is 908. The highest BCUT2D eigenvalue weighted by Gasteiger charge is 2.30. The smallest absolute Gasteiger partial charge is 0.368 e. The van der Waals surface area contributed by atoms with E-state index in [1.807, 2.05) is 36.4 Å². The maximum Gasteiger partial charge on any atom is 0.416 e. The summed E-state index contributed by atoms with van der Waals surface area (Å²) in [6.45, 7) is 2.13. The number of carbonyl (C=O) groups excluding carboxylic acids is 1. The van der Waals surface area contributed by atoms with E-state index in [4.69, 9.17) is 0 Å². The van der Waals surface area contributed by atoms with Crippen LogP contribution in [0.3, 0.4) is 0 Å². The van der Waals surface area contributed by atoms with E-state index >= 15 is 0 Å². The Morgan fingerprint density at radius 3 is 2.29 bits per heavy atom. The fourth-order valence-electron chi connectivity index (χ4n) is 3.09. The van der Waals surface area contributed by atoms with Crippen molar-refractivity contribution >= 4 is 17.7 Å². The van der Waals surface area contributed by atoms with Crippen LogP contribution in [-0.4, -0.2) is 37.0 Å². The van der Waals surface area contributed by atoms with E-state index < -0.39 is 17.6 Å². The summed E-state index contributed by atoms with van der Waals surface area (Å²) < 4.78 is 38.5. The fourth-order valence-corrected chi connectivity index (χ4v) is 3.09. The number of nitriles is 1. The van der Waals surface area contributed by atoms with Crippen molar-refractivity contribution in [2.75, 3.05) is 31.1 Å². The van der Waals surface area contributed by atoms with Crippen LogP contribution in [0.5, 0.6) is 0 Å². The summed E-state index contributed by atoms with van der Waals surface area (Å²) in [6, 6.07) is 16.2. The monoisotopic (exact) mass is 385 g/mol. The number of para-hydroxylation sites is 1. The van der Waals surface area contributed by atoms with Crippen LogP contribution >= 0.6 is 0 Å². The minimum atomic E-state index is -4.48. The van der Waals surface area contributed by atoms with Crippen LogP contribution in [-0.2, 0) is 11.0 Å². The van der Waals surface area contributed by atoms with E-state index in [2.05, 4.69) is 4.90 Å². The lowest BCUT2D eigenvalue weighted by Crippen LogP contribution is -2.49. The fraction of sp³-hybridized carbons (Fsp3) is 0.238. The largest absolute Gasteiger partial charge is 0.416 e. The molecule has 0 unspecified atom stereocenters. The first-order valence-electron chi connectivity index (χ1n) is 8.77. The van der Waals surface area contributed by atoms with Crippen molar-refractivity contribution in [3.63, 3.8) is 0 Å². The van der Waals surface area contributed by atoms with Crippen molar-refractivity contribution < 1.29 is 18.0 Å². The summed E-state index contributed by atoms with van der Waals surface area (Å²) in [4.78, 5) is 16.4. The number of carbonyl (C=O) groups is 1. The van der Waals surface area contributed by atoms with Gasteiger partial charge in [0.2, 0.25) is 0 Å². The minimum absolute atomic E-state index is 0.169. The summed E-state index contributed by atoms with van der Waals surface area (Å²) in [5.74, 6) is -0.465. The lowest BCUT2D eigenvalue weighted by Gasteiger charge is -2.36. The Morgan fingerprint density at radius 1 is 1.00 bits per heavy atom. The number of nitrogens with zero attached hydrogens (tertiary/aromatic N) is 3. The van der Waals surface area contributed by atoms with E-state index in [-0.39, 0.29) is 11.1 Å². The van der Waals surface area contributed by atoms with Crippen molar-refractivity contribution in [3.8, 4) is 6.07 Å². The number of halogens is 3. The second-order valence-corrected chi connectivity index (χ2v) is 6.41. The normalized spacial score (nSPS) is 15.3. The van der Waals surface area contributed by atoms with Crippen LogP contribution in [0.25, 0.3) is 6.08 Å². The minimum Gasteiger partial charge on any atom is -0.368 e. The van der Waals surface area contributed by atoms with Crippen molar-refractivity contribution in [2.24, 2.45) is 0 Å². The third-order valence-corrected chi connectivity index (χ3v) is 4.56. The summed E-state index contributed by atoms with van der Waals surface area (Å²) >= 11 is 0. The van der Waals surface area contributed by atoms with Crippen LogP contribution in [0.15, 0.2) is 60.2 Å². The molecule has 7 heteroatoms. The van der Waals surface area contributed by atoms with Crippen LogP contribution in [0.4, 0.5) is 18.9 Å². The number of benzene rings is 2. The molecule has 1 aliphatic heterocycles. The van der Waals surface area contributed by atoms with Gasteiger partial charge in [-0.25, -0.2) is 0 Å². The molecule has 144 valence electrons. The van der Waals surface area contributed by atoms with Gasteiger partial charge in [-0.2, -0.15) is 18.4 Å². The number of alkyl halides is 3. The summed E-state index contributed by atoms with van der Waals surface area (Å²) in [7, 11) is 0. The van der Waals surface area contributed by atoms with Gasteiger partial charge >= 0.3 is 6.18 Å². The van der Waals surface area contributed by atoms with Gasteiger partial charge in [0.25, 0.3) is 5.91 Å². The number of rotatable bonds is 3. The average molecular weight is 385 g/mol. The average Bonchev–Trinajstić information content (AvgIpc) is 2.72. The van der Waals surface area contributed by atoms with Crippen LogP contribution in [0.1, 0.15) is 11.1 Å². The summed E-state index contributed by atoms with van der Waals surface area (Å²) in [6.07, 6.45) is -3.27. The van der Waals surface area contributed by atoms with E-state index in [0.717, 1.165) is 17.8 Å². The zero-order valence-electron chi connectivity index (χ0n) is 15.0. The SMILES string of the molecule is N#C/C(=C/c1cccc(C(F)(F)F)c1)C(=O)N1CCN(c2ccccc2)CC1. The molecule has 1 aliphatic rings. The summed E-state index contributed by atoms with van der Waals surface area (Å²) in [5.41, 5.74) is 0.243. The quantitative estimate of drug-likeness (QED) is 0.594. The highest BCUT2D eigenvalue weighted by atomic mass is 19.4. The Labute approximate surface area is 161 Å². The molecule has 3 rings (SSSR count). The molecule has 1 fully saturated rings. The third-order valence-electron chi connectivity index (χ3n) is 4.56. The third kappa shape index (κ3) is 4.52. The van der Waals surface area contributed by atoms with Crippen molar-refractivity contribution in [2.45, 2.75) is 6.18 Å². The molecule has 0 radical (unpaired) electrons. The van der Waals surface area contributed by atoms with E-state index in [0.29, 0.717) is 26.2 Å². The molecule has 0 atom stereocenters. The standard InChI is InChI=1S/C21H18F3N3O/c22-21(23,24)18-6-4-5-16(14-18)13-17(15-25)20(28)27-11-9-26(10-12-27)19-7-2-1-3-8-19/h1-8,13-14H,9-12H2/b17-13-. The highest BCUT2D eigenvalue weighted by Crippen LogP contribution is 2.30.